The normalized spacial score (nSPS) is 16.1. The lowest BCUT2D eigenvalue weighted by Gasteiger charge is -2.40. The molecule has 0 saturated carbocycles. The molecule has 1 unspecified atom stereocenters. The minimum atomic E-state index is -1.67. The Hall–Kier alpha value is 0.354. The third kappa shape index (κ3) is 6.55. The molecule has 0 rings (SSSR count). The molecule has 0 N–H and O–H groups in total. The SMILES string of the molecule is CCC(CCO[Si](C)(C)C(C)(C)C)O[Si](C)(C)C(C)(C)C. The predicted molar refractivity (Wildman–Crippen MR) is 100 cm³/mol. The zero-order chi connectivity index (χ0) is 17.1. The maximum Gasteiger partial charge on any atom is 0.192 e. The molecule has 0 aromatic heterocycles. The first kappa shape index (κ1) is 21.4. The van der Waals surface area contributed by atoms with Gasteiger partial charge in [0.15, 0.2) is 16.6 Å². The summed E-state index contributed by atoms with van der Waals surface area (Å²) in [6.07, 6.45) is 2.44. The molecule has 0 aliphatic carbocycles. The fourth-order valence-electron chi connectivity index (χ4n) is 1.60. The minimum Gasteiger partial charge on any atom is -0.417 e. The lowest BCUT2D eigenvalue weighted by Crippen LogP contribution is -2.45. The van der Waals surface area contributed by atoms with E-state index in [-0.39, 0.29) is 10.1 Å². The summed E-state index contributed by atoms with van der Waals surface area (Å²) in [5.41, 5.74) is 0. The standard InChI is InChI=1S/C17H40O2Si2/c1-12-15(19-21(10,11)17(5,6)7)13-14-18-20(8,9)16(2,3)4/h15H,12-14H2,1-11H3. The maximum atomic E-state index is 6.53. The van der Waals surface area contributed by atoms with E-state index in [1.807, 2.05) is 0 Å². The van der Waals surface area contributed by atoms with Crippen molar-refractivity contribution >= 4 is 16.6 Å². The Bertz CT molecular complexity index is 312. The third-order valence-electron chi connectivity index (χ3n) is 5.43. The molecule has 0 saturated heterocycles. The molecular weight excluding hydrogens is 292 g/mol. The van der Waals surface area contributed by atoms with E-state index in [9.17, 15) is 0 Å². The van der Waals surface area contributed by atoms with Crippen LogP contribution in [0.3, 0.4) is 0 Å². The van der Waals surface area contributed by atoms with Crippen molar-refractivity contribution in [2.45, 2.75) is 104 Å². The van der Waals surface area contributed by atoms with Crippen LogP contribution >= 0.6 is 0 Å². The van der Waals surface area contributed by atoms with Crippen molar-refractivity contribution in [3.05, 3.63) is 0 Å². The summed E-state index contributed by atoms with van der Waals surface area (Å²) in [6.45, 7) is 26.2. The van der Waals surface area contributed by atoms with Gasteiger partial charge in [0, 0.05) is 12.7 Å². The molecule has 0 spiro atoms. The van der Waals surface area contributed by atoms with E-state index >= 15 is 0 Å². The number of hydrogen-bond acceptors (Lipinski definition) is 2. The summed E-state index contributed by atoms with van der Waals surface area (Å²) in [7, 11) is -3.29. The summed E-state index contributed by atoms with van der Waals surface area (Å²) >= 11 is 0. The third-order valence-corrected chi connectivity index (χ3v) is 14.5. The Kier molecular flexibility index (Phi) is 7.41. The van der Waals surface area contributed by atoms with Crippen molar-refractivity contribution in [2.75, 3.05) is 6.61 Å². The molecule has 0 aliphatic rings. The molecular formula is C17H40O2Si2. The lowest BCUT2D eigenvalue weighted by molar-refractivity contribution is 0.138. The molecule has 0 fully saturated rings. The van der Waals surface area contributed by atoms with Crippen LogP contribution in [0.5, 0.6) is 0 Å². The first-order valence-corrected chi connectivity index (χ1v) is 14.3. The summed E-state index contributed by atoms with van der Waals surface area (Å²) in [6, 6.07) is 0. The van der Waals surface area contributed by atoms with Crippen LogP contribution in [0, 0.1) is 0 Å². The molecule has 0 aliphatic heterocycles. The number of hydrogen-bond donors (Lipinski definition) is 0. The van der Waals surface area contributed by atoms with E-state index in [1.165, 1.54) is 0 Å². The second kappa shape index (κ2) is 7.28. The molecule has 0 aromatic rings. The van der Waals surface area contributed by atoms with Crippen molar-refractivity contribution in [3.63, 3.8) is 0 Å². The van der Waals surface area contributed by atoms with Crippen molar-refractivity contribution in [1.82, 2.24) is 0 Å². The van der Waals surface area contributed by atoms with E-state index < -0.39 is 16.6 Å². The van der Waals surface area contributed by atoms with Gasteiger partial charge in [-0.3, -0.25) is 0 Å². The van der Waals surface area contributed by atoms with Gasteiger partial charge in [-0.25, -0.2) is 0 Å². The van der Waals surface area contributed by atoms with Crippen molar-refractivity contribution in [3.8, 4) is 0 Å². The average molecular weight is 333 g/mol. The van der Waals surface area contributed by atoms with Crippen LogP contribution in [0.1, 0.15) is 61.3 Å². The molecule has 128 valence electrons. The molecule has 1 atom stereocenters. The van der Waals surface area contributed by atoms with Crippen LogP contribution < -0.4 is 0 Å². The monoisotopic (exact) mass is 332 g/mol. The van der Waals surface area contributed by atoms with Gasteiger partial charge < -0.3 is 8.85 Å². The smallest absolute Gasteiger partial charge is 0.192 e. The highest BCUT2D eigenvalue weighted by Gasteiger charge is 2.39. The van der Waals surface area contributed by atoms with Crippen LogP contribution in [0.2, 0.25) is 36.3 Å². The fourth-order valence-corrected chi connectivity index (χ4v) is 4.13. The first-order chi connectivity index (χ1) is 9.14. The van der Waals surface area contributed by atoms with Gasteiger partial charge in [0.2, 0.25) is 0 Å². The van der Waals surface area contributed by atoms with Gasteiger partial charge in [-0.15, -0.1) is 0 Å². The second-order valence-electron chi connectivity index (χ2n) is 9.31. The highest BCUT2D eigenvalue weighted by molar-refractivity contribution is 6.74. The van der Waals surface area contributed by atoms with Crippen LogP contribution in [-0.4, -0.2) is 29.3 Å². The summed E-state index contributed by atoms with van der Waals surface area (Å²) in [5.74, 6) is 0. The van der Waals surface area contributed by atoms with Crippen LogP contribution in [0.25, 0.3) is 0 Å². The van der Waals surface area contributed by atoms with Gasteiger partial charge in [0.25, 0.3) is 0 Å². The minimum absolute atomic E-state index is 0.278. The van der Waals surface area contributed by atoms with Crippen molar-refractivity contribution in [2.24, 2.45) is 0 Å². The largest absolute Gasteiger partial charge is 0.417 e. The first-order valence-electron chi connectivity index (χ1n) is 8.46. The Morgan fingerprint density at radius 3 is 1.57 bits per heavy atom. The maximum absolute atomic E-state index is 6.53. The summed E-state index contributed by atoms with van der Waals surface area (Å²) < 4.78 is 12.8. The van der Waals surface area contributed by atoms with Crippen LogP contribution in [-0.2, 0) is 8.85 Å². The molecule has 2 nitrogen and oxygen atoms in total. The van der Waals surface area contributed by atoms with Gasteiger partial charge >= 0.3 is 0 Å². The topological polar surface area (TPSA) is 18.5 Å². The molecule has 0 aromatic carbocycles. The molecule has 0 amide bonds. The predicted octanol–water partition coefficient (Wildman–Crippen LogP) is 6.20. The van der Waals surface area contributed by atoms with E-state index in [2.05, 4.69) is 74.7 Å². The zero-order valence-corrected chi connectivity index (χ0v) is 18.5. The Morgan fingerprint density at radius 1 is 0.810 bits per heavy atom. The van der Waals surface area contributed by atoms with Crippen molar-refractivity contribution in [1.29, 1.82) is 0 Å². The summed E-state index contributed by atoms with van der Waals surface area (Å²) in [5, 5.41) is 0.565. The fraction of sp³-hybridized carbons (Fsp3) is 1.00. The van der Waals surface area contributed by atoms with Gasteiger partial charge in [0.1, 0.15) is 0 Å². The van der Waals surface area contributed by atoms with Gasteiger partial charge in [-0.1, -0.05) is 48.5 Å². The Morgan fingerprint density at radius 2 is 1.24 bits per heavy atom. The van der Waals surface area contributed by atoms with Crippen LogP contribution in [0.15, 0.2) is 0 Å². The highest BCUT2D eigenvalue weighted by atomic mass is 28.4. The van der Waals surface area contributed by atoms with Gasteiger partial charge in [-0.2, -0.15) is 0 Å². The molecule has 21 heavy (non-hydrogen) atoms. The Labute approximate surface area is 136 Å². The van der Waals surface area contributed by atoms with E-state index in [4.69, 9.17) is 8.85 Å². The molecule has 0 bridgehead atoms. The molecule has 0 radical (unpaired) electrons. The van der Waals surface area contributed by atoms with Crippen LogP contribution in [0.4, 0.5) is 0 Å². The van der Waals surface area contributed by atoms with E-state index in [0.29, 0.717) is 6.10 Å². The highest BCUT2D eigenvalue weighted by Crippen LogP contribution is 2.39. The lowest BCUT2D eigenvalue weighted by atomic mass is 10.2. The zero-order valence-electron chi connectivity index (χ0n) is 16.5. The second-order valence-corrected chi connectivity index (χ2v) is 18.9. The summed E-state index contributed by atoms with van der Waals surface area (Å²) in [4.78, 5) is 0. The molecule has 4 heteroatoms. The van der Waals surface area contributed by atoms with E-state index in [0.717, 1.165) is 19.4 Å². The van der Waals surface area contributed by atoms with Gasteiger partial charge in [0.05, 0.1) is 0 Å². The Balaban J connectivity index is 4.49. The molecule has 0 heterocycles. The van der Waals surface area contributed by atoms with E-state index in [1.54, 1.807) is 0 Å². The quantitative estimate of drug-likeness (QED) is 0.517. The average Bonchev–Trinajstić information content (AvgIpc) is 2.24. The number of rotatable bonds is 7. The van der Waals surface area contributed by atoms with Crippen molar-refractivity contribution < 1.29 is 8.85 Å². The van der Waals surface area contributed by atoms with Gasteiger partial charge in [-0.05, 0) is 49.1 Å².